The Kier molecular flexibility index (Phi) is 6.45. The lowest BCUT2D eigenvalue weighted by Gasteiger charge is -2.15. The number of methoxy groups -OCH3 is 1. The van der Waals surface area contributed by atoms with Crippen LogP contribution in [-0.4, -0.2) is 49.0 Å². The molecule has 104 valence electrons. The summed E-state index contributed by atoms with van der Waals surface area (Å²) in [4.78, 5) is 21.8. The van der Waals surface area contributed by atoms with Crippen molar-refractivity contribution < 1.29 is 23.8 Å². The van der Waals surface area contributed by atoms with Crippen molar-refractivity contribution in [2.24, 2.45) is 5.73 Å². The van der Waals surface area contributed by atoms with Gasteiger partial charge in [0.05, 0.1) is 13.2 Å². The van der Waals surface area contributed by atoms with Gasteiger partial charge in [-0.2, -0.15) is 0 Å². The molecule has 2 N–H and O–H groups in total. The van der Waals surface area contributed by atoms with E-state index in [1.165, 1.54) is 25.8 Å². The Labute approximate surface area is 111 Å². The summed E-state index contributed by atoms with van der Waals surface area (Å²) in [6, 6.07) is -0.629. The lowest BCUT2D eigenvalue weighted by Crippen LogP contribution is -2.34. The minimum atomic E-state index is -0.629. The average Bonchev–Trinajstić information content (AvgIpc) is 2.80. The van der Waals surface area contributed by atoms with E-state index in [-0.39, 0.29) is 24.1 Å². The van der Waals surface area contributed by atoms with E-state index in [9.17, 15) is 9.59 Å². The third kappa shape index (κ3) is 5.24. The Balaban J connectivity index is 2.18. The summed E-state index contributed by atoms with van der Waals surface area (Å²) >= 11 is 1.49. The summed E-state index contributed by atoms with van der Waals surface area (Å²) in [6.07, 6.45) is 1.66. The van der Waals surface area contributed by atoms with E-state index < -0.39 is 12.0 Å². The molecule has 0 aromatic carbocycles. The molecule has 1 aliphatic heterocycles. The minimum Gasteiger partial charge on any atom is -0.468 e. The maximum Gasteiger partial charge on any atom is 0.323 e. The highest BCUT2D eigenvalue weighted by Crippen LogP contribution is 2.28. The summed E-state index contributed by atoms with van der Waals surface area (Å²) in [5.41, 5.74) is 5.62. The second-order valence-electron chi connectivity index (χ2n) is 4.03. The van der Waals surface area contributed by atoms with Crippen molar-refractivity contribution in [3.63, 3.8) is 0 Å². The lowest BCUT2D eigenvalue weighted by atomic mass is 10.2. The Bertz CT molecular complexity index is 299. The van der Waals surface area contributed by atoms with Gasteiger partial charge in [-0.25, -0.2) is 0 Å². The van der Waals surface area contributed by atoms with Gasteiger partial charge in [0.2, 0.25) is 0 Å². The van der Waals surface area contributed by atoms with E-state index in [4.69, 9.17) is 15.2 Å². The SMILES string of the molecule is COC(=O)[C@@H](N)CS[C@@H]1CC[C@@H](COC(C)=O)O1. The summed E-state index contributed by atoms with van der Waals surface area (Å²) in [7, 11) is 1.31. The number of hydrogen-bond acceptors (Lipinski definition) is 7. The second-order valence-corrected chi connectivity index (χ2v) is 5.22. The van der Waals surface area contributed by atoms with Gasteiger partial charge < -0.3 is 19.9 Å². The maximum absolute atomic E-state index is 11.1. The molecule has 0 aliphatic carbocycles. The fourth-order valence-corrected chi connectivity index (χ4v) is 2.66. The van der Waals surface area contributed by atoms with E-state index in [2.05, 4.69) is 4.74 Å². The quantitative estimate of drug-likeness (QED) is 0.698. The maximum atomic E-state index is 11.1. The highest BCUT2D eigenvalue weighted by Gasteiger charge is 2.27. The molecule has 1 fully saturated rings. The molecular formula is C11H19NO5S. The van der Waals surface area contributed by atoms with Gasteiger partial charge in [-0.15, -0.1) is 11.8 Å². The fourth-order valence-electron chi connectivity index (χ4n) is 1.56. The molecule has 0 bridgehead atoms. The van der Waals surface area contributed by atoms with Crippen LogP contribution in [0.5, 0.6) is 0 Å². The van der Waals surface area contributed by atoms with Crippen LogP contribution in [0.1, 0.15) is 19.8 Å². The first-order chi connectivity index (χ1) is 8.52. The molecule has 0 saturated carbocycles. The highest BCUT2D eigenvalue weighted by molar-refractivity contribution is 7.99. The summed E-state index contributed by atoms with van der Waals surface area (Å²) in [5.74, 6) is -0.267. The molecule has 0 aromatic rings. The van der Waals surface area contributed by atoms with Crippen LogP contribution < -0.4 is 5.73 Å². The number of carbonyl (C=O) groups excluding carboxylic acids is 2. The van der Waals surface area contributed by atoms with E-state index in [0.717, 1.165) is 12.8 Å². The summed E-state index contributed by atoms with van der Waals surface area (Å²) < 4.78 is 15.1. The molecule has 0 amide bonds. The molecule has 7 heteroatoms. The van der Waals surface area contributed by atoms with Crippen molar-refractivity contribution in [3.8, 4) is 0 Å². The van der Waals surface area contributed by atoms with Crippen LogP contribution >= 0.6 is 11.8 Å². The number of esters is 2. The van der Waals surface area contributed by atoms with Crippen LogP contribution in [0.4, 0.5) is 0 Å². The highest BCUT2D eigenvalue weighted by atomic mass is 32.2. The molecule has 1 rings (SSSR count). The second kappa shape index (κ2) is 7.60. The Morgan fingerprint density at radius 1 is 1.50 bits per heavy atom. The number of rotatable bonds is 6. The van der Waals surface area contributed by atoms with Crippen molar-refractivity contribution in [1.82, 2.24) is 0 Å². The standard InChI is InChI=1S/C11H19NO5S/c1-7(13)16-5-8-3-4-10(17-8)18-6-9(12)11(14)15-2/h8-10H,3-6,12H2,1-2H3/t8-,9-,10+/m0/s1. The van der Waals surface area contributed by atoms with Crippen LogP contribution in [0.2, 0.25) is 0 Å². The van der Waals surface area contributed by atoms with Crippen molar-refractivity contribution >= 4 is 23.7 Å². The van der Waals surface area contributed by atoms with Gasteiger partial charge in [0.15, 0.2) is 0 Å². The van der Waals surface area contributed by atoms with Crippen LogP contribution in [0, 0.1) is 0 Å². The van der Waals surface area contributed by atoms with Gasteiger partial charge in [0.1, 0.15) is 18.1 Å². The van der Waals surface area contributed by atoms with Crippen LogP contribution in [0.15, 0.2) is 0 Å². The first-order valence-corrected chi connectivity index (χ1v) is 6.81. The number of nitrogens with two attached hydrogens (primary N) is 1. The molecule has 0 radical (unpaired) electrons. The number of ether oxygens (including phenoxy) is 3. The number of thioether (sulfide) groups is 1. The molecular weight excluding hydrogens is 258 g/mol. The van der Waals surface area contributed by atoms with Crippen molar-refractivity contribution in [3.05, 3.63) is 0 Å². The van der Waals surface area contributed by atoms with Crippen molar-refractivity contribution in [2.75, 3.05) is 19.5 Å². The zero-order valence-corrected chi connectivity index (χ0v) is 11.4. The molecule has 0 spiro atoms. The topological polar surface area (TPSA) is 87.9 Å². The average molecular weight is 277 g/mol. The van der Waals surface area contributed by atoms with Gasteiger partial charge in [-0.05, 0) is 12.8 Å². The van der Waals surface area contributed by atoms with E-state index in [1.807, 2.05) is 0 Å². The normalized spacial score (nSPS) is 24.6. The van der Waals surface area contributed by atoms with Crippen LogP contribution in [-0.2, 0) is 23.8 Å². The van der Waals surface area contributed by atoms with E-state index >= 15 is 0 Å². The van der Waals surface area contributed by atoms with Gasteiger partial charge >= 0.3 is 11.9 Å². The van der Waals surface area contributed by atoms with Gasteiger partial charge in [-0.1, -0.05) is 0 Å². The monoisotopic (exact) mass is 277 g/mol. The van der Waals surface area contributed by atoms with Gasteiger partial charge in [0.25, 0.3) is 0 Å². The van der Waals surface area contributed by atoms with Crippen LogP contribution in [0.3, 0.4) is 0 Å². The van der Waals surface area contributed by atoms with Crippen molar-refractivity contribution in [2.45, 2.75) is 37.3 Å². The summed E-state index contributed by atoms with van der Waals surface area (Å²) in [5, 5.41) is 0. The predicted octanol–water partition coefficient (Wildman–Crippen LogP) is 0.288. The third-order valence-corrected chi connectivity index (χ3v) is 3.78. The molecule has 1 heterocycles. The predicted molar refractivity (Wildman–Crippen MR) is 67.0 cm³/mol. The van der Waals surface area contributed by atoms with E-state index in [1.54, 1.807) is 0 Å². The molecule has 0 aromatic heterocycles. The third-order valence-electron chi connectivity index (χ3n) is 2.51. The molecule has 6 nitrogen and oxygen atoms in total. The van der Waals surface area contributed by atoms with Crippen LogP contribution in [0.25, 0.3) is 0 Å². The lowest BCUT2D eigenvalue weighted by molar-refractivity contribution is -0.144. The zero-order valence-electron chi connectivity index (χ0n) is 10.6. The Hall–Kier alpha value is -0.790. The Morgan fingerprint density at radius 2 is 2.22 bits per heavy atom. The number of carbonyl (C=O) groups is 2. The van der Waals surface area contributed by atoms with Gasteiger partial charge in [-0.3, -0.25) is 9.59 Å². The van der Waals surface area contributed by atoms with Gasteiger partial charge in [0, 0.05) is 12.7 Å². The molecule has 18 heavy (non-hydrogen) atoms. The first-order valence-electron chi connectivity index (χ1n) is 5.76. The largest absolute Gasteiger partial charge is 0.468 e. The van der Waals surface area contributed by atoms with E-state index in [0.29, 0.717) is 5.75 Å². The zero-order chi connectivity index (χ0) is 13.5. The molecule has 0 unspecified atom stereocenters. The number of hydrogen-bond donors (Lipinski definition) is 1. The molecule has 1 saturated heterocycles. The first kappa shape index (κ1) is 15.3. The summed E-state index contributed by atoms with van der Waals surface area (Å²) in [6.45, 7) is 1.66. The fraction of sp³-hybridized carbons (Fsp3) is 0.818. The molecule has 3 atom stereocenters. The van der Waals surface area contributed by atoms with Crippen molar-refractivity contribution in [1.29, 1.82) is 0 Å². The minimum absolute atomic E-state index is 0.00117. The molecule has 1 aliphatic rings. The Morgan fingerprint density at radius 3 is 2.83 bits per heavy atom. The smallest absolute Gasteiger partial charge is 0.323 e.